The first-order chi connectivity index (χ1) is 15.6. The Labute approximate surface area is 201 Å². The summed E-state index contributed by atoms with van der Waals surface area (Å²) in [6.45, 7) is 0. The molecule has 32 heavy (non-hydrogen) atoms. The van der Waals surface area contributed by atoms with Crippen LogP contribution in [0.5, 0.6) is 11.5 Å². The standard InChI is InChI=1S/C23H16BrClN4O2S/c1-30-16-6-4-12(24)9-15(16)22-19-20(14-10-13(25)5-7-17(14)31-22)28-23-26-11-27-29(23)21(19)18-3-2-8-32-18/h2-11,21-22H,1H3,(H,26,27,28)/t21-,22+/m1/s1. The van der Waals surface area contributed by atoms with Gasteiger partial charge in [-0.2, -0.15) is 10.1 Å². The minimum Gasteiger partial charge on any atom is -0.496 e. The van der Waals surface area contributed by atoms with Gasteiger partial charge in [-0.15, -0.1) is 11.3 Å². The van der Waals surface area contributed by atoms with Crippen LogP contribution in [0.1, 0.15) is 28.1 Å². The van der Waals surface area contributed by atoms with Crippen LogP contribution in [0.4, 0.5) is 5.95 Å². The Morgan fingerprint density at radius 3 is 2.94 bits per heavy atom. The second kappa shape index (κ2) is 7.65. The summed E-state index contributed by atoms with van der Waals surface area (Å²) in [5, 5.41) is 10.7. The van der Waals surface area contributed by atoms with Gasteiger partial charge in [0.25, 0.3) is 0 Å². The van der Waals surface area contributed by atoms with Crippen molar-refractivity contribution in [2.24, 2.45) is 0 Å². The van der Waals surface area contributed by atoms with Crippen molar-refractivity contribution < 1.29 is 9.47 Å². The SMILES string of the molecule is COc1ccc(Br)cc1[C@@H]1Oc2ccc(Cl)cc2C2=C1[C@@H](c1cccs1)n1ncnc1N2. The van der Waals surface area contributed by atoms with Crippen molar-refractivity contribution in [3.63, 3.8) is 0 Å². The number of halogens is 2. The minimum atomic E-state index is -0.414. The highest BCUT2D eigenvalue weighted by molar-refractivity contribution is 9.10. The first kappa shape index (κ1) is 19.8. The van der Waals surface area contributed by atoms with Gasteiger partial charge in [0.1, 0.15) is 23.9 Å². The van der Waals surface area contributed by atoms with Crippen LogP contribution in [0.3, 0.4) is 0 Å². The predicted octanol–water partition coefficient (Wildman–Crippen LogP) is 6.32. The van der Waals surface area contributed by atoms with E-state index in [1.165, 1.54) is 0 Å². The summed E-state index contributed by atoms with van der Waals surface area (Å²) in [4.78, 5) is 5.59. The Hall–Kier alpha value is -2.81. The number of ether oxygens (including phenoxy) is 2. The number of methoxy groups -OCH3 is 1. The Balaban J connectivity index is 1.66. The summed E-state index contributed by atoms with van der Waals surface area (Å²) >= 11 is 11.7. The van der Waals surface area contributed by atoms with Crippen LogP contribution in [0.15, 0.2) is 70.3 Å². The van der Waals surface area contributed by atoms with E-state index in [4.69, 9.17) is 21.1 Å². The number of anilines is 1. The van der Waals surface area contributed by atoms with Crippen molar-refractivity contribution in [2.45, 2.75) is 12.1 Å². The molecule has 0 bridgehead atoms. The summed E-state index contributed by atoms with van der Waals surface area (Å²) < 4.78 is 15.2. The lowest BCUT2D eigenvalue weighted by Crippen LogP contribution is -2.32. The molecule has 4 heterocycles. The van der Waals surface area contributed by atoms with E-state index >= 15 is 0 Å². The van der Waals surface area contributed by atoms with Gasteiger partial charge in [-0.05, 0) is 47.8 Å². The molecule has 2 aliphatic heterocycles. The molecule has 0 aliphatic carbocycles. The zero-order chi connectivity index (χ0) is 21.8. The molecule has 0 saturated heterocycles. The molecule has 2 aromatic carbocycles. The largest absolute Gasteiger partial charge is 0.496 e. The summed E-state index contributed by atoms with van der Waals surface area (Å²) in [7, 11) is 1.67. The van der Waals surface area contributed by atoms with E-state index in [2.05, 4.69) is 42.8 Å². The molecule has 2 atom stereocenters. The van der Waals surface area contributed by atoms with Gasteiger partial charge < -0.3 is 14.8 Å². The average Bonchev–Trinajstić information content (AvgIpc) is 3.49. The van der Waals surface area contributed by atoms with E-state index in [1.54, 1.807) is 24.8 Å². The van der Waals surface area contributed by atoms with E-state index < -0.39 is 6.10 Å². The molecule has 0 spiro atoms. The Bertz CT molecular complexity index is 1370. The van der Waals surface area contributed by atoms with Crippen LogP contribution >= 0.6 is 38.9 Å². The van der Waals surface area contributed by atoms with Crippen molar-refractivity contribution in [3.8, 4) is 11.5 Å². The maximum absolute atomic E-state index is 6.65. The molecule has 1 N–H and O–H groups in total. The molecule has 9 heteroatoms. The second-order valence-electron chi connectivity index (χ2n) is 7.43. The molecule has 2 aromatic heterocycles. The number of fused-ring (bicyclic) bond motifs is 3. The number of thiophene rings is 1. The summed E-state index contributed by atoms with van der Waals surface area (Å²) in [6, 6.07) is 15.6. The fraction of sp³-hybridized carbons (Fsp3) is 0.130. The molecule has 0 fully saturated rings. The van der Waals surface area contributed by atoms with Crippen molar-refractivity contribution in [3.05, 3.63) is 91.3 Å². The summed E-state index contributed by atoms with van der Waals surface area (Å²) in [5.74, 6) is 2.16. The lowest BCUT2D eigenvalue weighted by atomic mass is 9.86. The van der Waals surface area contributed by atoms with Gasteiger partial charge in [0.15, 0.2) is 6.10 Å². The lowest BCUT2D eigenvalue weighted by molar-refractivity contribution is 0.218. The number of nitrogens with one attached hydrogen (secondary N) is 1. The van der Waals surface area contributed by atoms with Gasteiger partial charge in [0.2, 0.25) is 5.95 Å². The molecule has 0 amide bonds. The third-order valence-corrected chi connectivity index (χ3v) is 7.32. The summed E-state index contributed by atoms with van der Waals surface area (Å²) in [6.07, 6.45) is 1.15. The maximum Gasteiger partial charge on any atom is 0.226 e. The number of nitrogens with zero attached hydrogens (tertiary/aromatic N) is 3. The maximum atomic E-state index is 6.65. The molecule has 160 valence electrons. The first-order valence-electron chi connectivity index (χ1n) is 9.88. The van der Waals surface area contributed by atoms with Gasteiger partial charge >= 0.3 is 0 Å². The van der Waals surface area contributed by atoms with Gasteiger partial charge in [-0.3, -0.25) is 0 Å². The van der Waals surface area contributed by atoms with Gasteiger partial charge in [-0.25, -0.2) is 4.68 Å². The fourth-order valence-electron chi connectivity index (χ4n) is 4.33. The third kappa shape index (κ3) is 3.05. The molecule has 0 saturated carbocycles. The van der Waals surface area contributed by atoms with Crippen LogP contribution in [0.2, 0.25) is 5.02 Å². The quantitative estimate of drug-likeness (QED) is 0.338. The van der Waals surface area contributed by atoms with Crippen LogP contribution in [0, 0.1) is 0 Å². The highest BCUT2D eigenvalue weighted by atomic mass is 79.9. The topological polar surface area (TPSA) is 61.2 Å². The number of aromatic nitrogens is 3. The molecule has 4 aromatic rings. The van der Waals surface area contributed by atoms with E-state index in [0.717, 1.165) is 43.2 Å². The first-order valence-corrected chi connectivity index (χ1v) is 11.9. The molecule has 6 nitrogen and oxygen atoms in total. The lowest BCUT2D eigenvalue weighted by Gasteiger charge is -2.38. The van der Waals surface area contributed by atoms with Crippen molar-refractivity contribution in [2.75, 3.05) is 12.4 Å². The Kier molecular flexibility index (Phi) is 4.74. The number of hydrogen-bond acceptors (Lipinski definition) is 6. The van der Waals surface area contributed by atoms with Crippen molar-refractivity contribution >= 4 is 50.5 Å². The normalized spacial score (nSPS) is 18.8. The van der Waals surface area contributed by atoms with Crippen LogP contribution in [-0.4, -0.2) is 21.9 Å². The highest BCUT2D eigenvalue weighted by Gasteiger charge is 2.42. The molecular weight excluding hydrogens is 512 g/mol. The van der Waals surface area contributed by atoms with Gasteiger partial charge in [-0.1, -0.05) is 33.6 Å². The van der Waals surface area contributed by atoms with Crippen LogP contribution in [0.25, 0.3) is 5.70 Å². The van der Waals surface area contributed by atoms with E-state index in [1.807, 2.05) is 47.1 Å². The van der Waals surface area contributed by atoms with E-state index in [-0.39, 0.29) is 6.04 Å². The Morgan fingerprint density at radius 1 is 1.22 bits per heavy atom. The molecule has 2 aliphatic rings. The molecule has 6 rings (SSSR count). The molecule has 0 radical (unpaired) electrons. The van der Waals surface area contributed by atoms with Crippen LogP contribution in [-0.2, 0) is 0 Å². The number of rotatable bonds is 3. The zero-order valence-electron chi connectivity index (χ0n) is 16.8. The predicted molar refractivity (Wildman–Crippen MR) is 129 cm³/mol. The zero-order valence-corrected chi connectivity index (χ0v) is 19.9. The highest BCUT2D eigenvalue weighted by Crippen LogP contribution is 2.52. The van der Waals surface area contributed by atoms with E-state index in [9.17, 15) is 0 Å². The number of hydrogen-bond donors (Lipinski definition) is 1. The van der Waals surface area contributed by atoms with Crippen LogP contribution < -0.4 is 14.8 Å². The third-order valence-electron chi connectivity index (χ3n) is 5.66. The molecular formula is C23H16BrClN4O2S. The fourth-order valence-corrected chi connectivity index (χ4v) is 5.71. The second-order valence-corrected chi connectivity index (χ2v) is 9.76. The molecule has 0 unspecified atom stereocenters. The summed E-state index contributed by atoms with van der Waals surface area (Å²) in [5.41, 5.74) is 3.77. The van der Waals surface area contributed by atoms with Crippen molar-refractivity contribution in [1.29, 1.82) is 0 Å². The minimum absolute atomic E-state index is 0.190. The number of benzene rings is 2. The van der Waals surface area contributed by atoms with Gasteiger partial charge in [0.05, 0.1) is 12.8 Å². The Morgan fingerprint density at radius 2 is 2.12 bits per heavy atom. The monoisotopic (exact) mass is 526 g/mol. The smallest absolute Gasteiger partial charge is 0.226 e. The van der Waals surface area contributed by atoms with E-state index in [0.29, 0.717) is 11.0 Å². The van der Waals surface area contributed by atoms with Crippen molar-refractivity contribution in [1.82, 2.24) is 14.8 Å². The van der Waals surface area contributed by atoms with Gasteiger partial charge in [0, 0.05) is 31.1 Å². The average molecular weight is 528 g/mol.